The number of hydrogen-bond donors (Lipinski definition) is 1. The van der Waals surface area contributed by atoms with Crippen LogP contribution in [0.1, 0.15) is 39.0 Å². The fourth-order valence-corrected chi connectivity index (χ4v) is 3.26. The van der Waals surface area contributed by atoms with Gasteiger partial charge in [-0.15, -0.1) is 0 Å². The Bertz CT molecular complexity index is 532. The molecule has 1 aromatic carbocycles. The molecule has 0 aliphatic heterocycles. The third-order valence-electron chi connectivity index (χ3n) is 4.42. The lowest BCUT2D eigenvalue weighted by Gasteiger charge is -2.32. The molecule has 2 aromatic rings. The molecule has 0 bridgehead atoms. The topological polar surface area (TPSA) is 29.9 Å². The first-order valence-corrected chi connectivity index (χ1v) is 7.74. The number of imidazole rings is 1. The molecule has 1 aliphatic rings. The normalized spacial score (nSPS) is 22.6. The molecular formula is C17H23N3. The number of rotatable bonds is 4. The third kappa shape index (κ3) is 2.72. The second-order valence-corrected chi connectivity index (χ2v) is 5.66. The van der Waals surface area contributed by atoms with Gasteiger partial charge in [0.1, 0.15) is 0 Å². The van der Waals surface area contributed by atoms with Gasteiger partial charge in [-0.2, -0.15) is 0 Å². The summed E-state index contributed by atoms with van der Waals surface area (Å²) in [6.07, 6.45) is 10.5. The molecule has 3 rings (SSSR count). The molecule has 0 amide bonds. The Balaban J connectivity index is 1.80. The van der Waals surface area contributed by atoms with Crippen molar-refractivity contribution in [2.75, 3.05) is 5.32 Å². The number of nitrogens with one attached hydrogen (secondary N) is 1. The smallest absolute Gasteiger partial charge is 0.207 e. The Morgan fingerprint density at radius 3 is 2.80 bits per heavy atom. The van der Waals surface area contributed by atoms with Gasteiger partial charge in [0.25, 0.3) is 0 Å². The molecule has 106 valence electrons. The predicted octanol–water partition coefficient (Wildman–Crippen LogP) is 4.25. The predicted molar refractivity (Wildman–Crippen MR) is 83.2 cm³/mol. The molecule has 2 unspecified atom stereocenters. The highest BCUT2D eigenvalue weighted by Gasteiger charge is 2.24. The summed E-state index contributed by atoms with van der Waals surface area (Å²) in [7, 11) is 0. The Labute approximate surface area is 121 Å². The van der Waals surface area contributed by atoms with Crippen LogP contribution in [0.15, 0.2) is 42.7 Å². The van der Waals surface area contributed by atoms with Crippen LogP contribution in [0.25, 0.3) is 5.69 Å². The molecule has 1 fully saturated rings. The number of benzene rings is 1. The average molecular weight is 269 g/mol. The molecule has 1 heterocycles. The van der Waals surface area contributed by atoms with Gasteiger partial charge in [-0.3, -0.25) is 4.57 Å². The van der Waals surface area contributed by atoms with Crippen molar-refractivity contribution in [2.24, 2.45) is 5.92 Å². The van der Waals surface area contributed by atoms with E-state index in [-0.39, 0.29) is 0 Å². The zero-order valence-electron chi connectivity index (χ0n) is 12.1. The Hall–Kier alpha value is -1.77. The lowest BCUT2D eigenvalue weighted by atomic mass is 9.83. The summed E-state index contributed by atoms with van der Waals surface area (Å²) in [6, 6.07) is 11.0. The van der Waals surface area contributed by atoms with Crippen molar-refractivity contribution in [1.82, 2.24) is 9.55 Å². The molecule has 1 N–H and O–H groups in total. The number of hydrogen-bond acceptors (Lipinski definition) is 2. The number of para-hydroxylation sites is 1. The molecule has 3 nitrogen and oxygen atoms in total. The van der Waals surface area contributed by atoms with Gasteiger partial charge in [-0.1, -0.05) is 44.4 Å². The van der Waals surface area contributed by atoms with Crippen molar-refractivity contribution in [2.45, 2.75) is 45.1 Å². The lowest BCUT2D eigenvalue weighted by Crippen LogP contribution is -2.32. The maximum atomic E-state index is 4.51. The third-order valence-corrected chi connectivity index (χ3v) is 4.42. The minimum absolute atomic E-state index is 0.568. The van der Waals surface area contributed by atoms with Gasteiger partial charge in [0.15, 0.2) is 0 Å². The molecule has 0 radical (unpaired) electrons. The van der Waals surface area contributed by atoms with E-state index in [2.05, 4.69) is 46.1 Å². The highest BCUT2D eigenvalue weighted by molar-refractivity contribution is 5.42. The van der Waals surface area contributed by atoms with E-state index in [1.165, 1.54) is 32.1 Å². The first-order valence-electron chi connectivity index (χ1n) is 7.74. The molecule has 0 spiro atoms. The quantitative estimate of drug-likeness (QED) is 0.899. The van der Waals surface area contributed by atoms with Crippen molar-refractivity contribution in [3.63, 3.8) is 0 Å². The Morgan fingerprint density at radius 2 is 2.00 bits per heavy atom. The summed E-state index contributed by atoms with van der Waals surface area (Å²) in [4.78, 5) is 4.51. The highest BCUT2D eigenvalue weighted by atomic mass is 15.2. The van der Waals surface area contributed by atoms with Gasteiger partial charge in [0, 0.05) is 24.1 Å². The molecule has 0 saturated heterocycles. The van der Waals surface area contributed by atoms with Crippen LogP contribution in [-0.4, -0.2) is 15.6 Å². The summed E-state index contributed by atoms with van der Waals surface area (Å²) in [6.45, 7) is 2.30. The van der Waals surface area contributed by atoms with Gasteiger partial charge >= 0.3 is 0 Å². The van der Waals surface area contributed by atoms with Crippen LogP contribution in [0.2, 0.25) is 0 Å². The van der Waals surface area contributed by atoms with Crippen LogP contribution in [0.4, 0.5) is 5.95 Å². The van der Waals surface area contributed by atoms with Gasteiger partial charge < -0.3 is 5.32 Å². The molecule has 20 heavy (non-hydrogen) atoms. The molecule has 3 heteroatoms. The number of aromatic nitrogens is 2. The zero-order valence-corrected chi connectivity index (χ0v) is 12.1. The van der Waals surface area contributed by atoms with E-state index in [1.54, 1.807) is 0 Å². The summed E-state index contributed by atoms with van der Waals surface area (Å²) < 4.78 is 2.14. The minimum atomic E-state index is 0.568. The number of anilines is 1. The van der Waals surface area contributed by atoms with E-state index in [0.29, 0.717) is 6.04 Å². The largest absolute Gasteiger partial charge is 0.352 e. The van der Waals surface area contributed by atoms with Crippen LogP contribution in [-0.2, 0) is 0 Å². The Morgan fingerprint density at radius 1 is 1.20 bits per heavy atom. The van der Waals surface area contributed by atoms with E-state index < -0.39 is 0 Å². The molecule has 1 aromatic heterocycles. The standard InChI is InChI=1S/C17H23N3/c1-2-14-8-6-7-11-16(14)19-17-18-12-13-20(17)15-9-4-3-5-10-15/h3-5,9-10,12-14,16H,2,6-8,11H2,1H3,(H,18,19). The van der Waals surface area contributed by atoms with E-state index in [0.717, 1.165) is 17.6 Å². The fraction of sp³-hybridized carbons (Fsp3) is 0.471. The molecular weight excluding hydrogens is 246 g/mol. The van der Waals surface area contributed by atoms with E-state index in [4.69, 9.17) is 0 Å². The summed E-state index contributed by atoms with van der Waals surface area (Å²) >= 11 is 0. The highest BCUT2D eigenvalue weighted by Crippen LogP contribution is 2.29. The second kappa shape index (κ2) is 6.12. The number of nitrogens with zero attached hydrogens (tertiary/aromatic N) is 2. The van der Waals surface area contributed by atoms with Crippen LogP contribution in [0.5, 0.6) is 0 Å². The van der Waals surface area contributed by atoms with Crippen molar-refractivity contribution in [1.29, 1.82) is 0 Å². The van der Waals surface area contributed by atoms with Crippen molar-refractivity contribution < 1.29 is 0 Å². The van der Waals surface area contributed by atoms with Crippen LogP contribution < -0.4 is 5.32 Å². The van der Waals surface area contributed by atoms with Crippen LogP contribution in [0.3, 0.4) is 0 Å². The van der Waals surface area contributed by atoms with Crippen LogP contribution >= 0.6 is 0 Å². The maximum Gasteiger partial charge on any atom is 0.207 e. The van der Waals surface area contributed by atoms with E-state index >= 15 is 0 Å². The Kier molecular flexibility index (Phi) is 4.05. The van der Waals surface area contributed by atoms with E-state index in [9.17, 15) is 0 Å². The van der Waals surface area contributed by atoms with Gasteiger partial charge in [0.2, 0.25) is 5.95 Å². The van der Waals surface area contributed by atoms with Crippen molar-refractivity contribution >= 4 is 5.95 Å². The fourth-order valence-electron chi connectivity index (χ4n) is 3.26. The van der Waals surface area contributed by atoms with Gasteiger partial charge in [0.05, 0.1) is 0 Å². The molecule has 2 atom stereocenters. The summed E-state index contributed by atoms with van der Waals surface area (Å²) in [5, 5.41) is 3.68. The second-order valence-electron chi connectivity index (χ2n) is 5.66. The lowest BCUT2D eigenvalue weighted by molar-refractivity contribution is 0.316. The summed E-state index contributed by atoms with van der Waals surface area (Å²) in [5.74, 6) is 1.76. The van der Waals surface area contributed by atoms with Crippen molar-refractivity contribution in [3.05, 3.63) is 42.7 Å². The average Bonchev–Trinajstić information content (AvgIpc) is 2.97. The first-order chi connectivity index (χ1) is 9.88. The first kappa shape index (κ1) is 13.2. The van der Waals surface area contributed by atoms with Gasteiger partial charge in [-0.25, -0.2) is 4.98 Å². The molecule has 1 saturated carbocycles. The van der Waals surface area contributed by atoms with Crippen molar-refractivity contribution in [3.8, 4) is 5.69 Å². The SMILES string of the molecule is CCC1CCCCC1Nc1nccn1-c1ccccc1. The minimum Gasteiger partial charge on any atom is -0.352 e. The van der Waals surface area contributed by atoms with E-state index in [1.807, 2.05) is 18.5 Å². The van der Waals surface area contributed by atoms with Gasteiger partial charge in [-0.05, 0) is 30.9 Å². The summed E-state index contributed by atoms with van der Waals surface area (Å²) in [5.41, 5.74) is 1.16. The maximum absolute atomic E-state index is 4.51. The molecule has 1 aliphatic carbocycles. The monoisotopic (exact) mass is 269 g/mol. The zero-order chi connectivity index (χ0) is 13.8. The van der Waals surface area contributed by atoms with Crippen LogP contribution in [0, 0.1) is 5.92 Å².